The highest BCUT2D eigenvalue weighted by Crippen LogP contribution is 1.94. The van der Waals surface area contributed by atoms with Crippen LogP contribution in [0.3, 0.4) is 0 Å². The molecule has 0 rings (SSSR count). The third kappa shape index (κ3) is 9.08. The largest absolute Gasteiger partial charge is 0.452 e. The minimum Gasteiger partial charge on any atom is -0.444 e. The molecule has 0 aromatic carbocycles. The summed E-state index contributed by atoms with van der Waals surface area (Å²) in [5.41, 5.74) is 0. The molecule has 0 aliphatic rings. The summed E-state index contributed by atoms with van der Waals surface area (Å²) in [4.78, 5) is 20.1. The molecular formula is C8H16N2O4. The Balaban J connectivity index is 3.47. The number of hydrogen-bond donors (Lipinski definition) is 0. The Hall–Kier alpha value is -1.01. The molecule has 0 saturated carbocycles. The number of hydrogen-bond acceptors (Lipinski definition) is 5. The Bertz CT molecular complexity index is 192. The quantitative estimate of drug-likeness (QED) is 0.298. The number of rotatable bonds is 5. The first-order chi connectivity index (χ1) is 6.52. The van der Waals surface area contributed by atoms with Crippen LogP contribution in [-0.4, -0.2) is 25.0 Å². The van der Waals surface area contributed by atoms with Crippen LogP contribution in [0.2, 0.25) is 0 Å². The van der Waals surface area contributed by atoms with E-state index in [1.165, 1.54) is 0 Å². The maximum atomic E-state index is 10.8. The van der Waals surface area contributed by atoms with Gasteiger partial charge in [-0.3, -0.25) is 0 Å². The fourth-order valence-electron chi connectivity index (χ4n) is 0.502. The van der Waals surface area contributed by atoms with Gasteiger partial charge < -0.3 is 4.74 Å². The average Bonchev–Trinajstić information content (AvgIpc) is 2.01. The zero-order valence-corrected chi connectivity index (χ0v) is 8.89. The standard InChI is InChI=1S/C8H16N2O4/c1-6(2)13-8(11)10-9-5-12-14-7(3)4/h6-7H,5H2,1-4H3/b10-9+. The molecule has 0 aromatic heterocycles. The normalized spacial score (nSPS) is 11.6. The molecule has 0 aromatic rings. The van der Waals surface area contributed by atoms with Crippen molar-refractivity contribution >= 4 is 6.09 Å². The minimum absolute atomic E-state index is 0.0483. The number of azo groups is 1. The van der Waals surface area contributed by atoms with Crippen LogP contribution < -0.4 is 0 Å². The summed E-state index contributed by atoms with van der Waals surface area (Å²) in [6.45, 7) is 6.96. The van der Waals surface area contributed by atoms with Crippen molar-refractivity contribution in [2.45, 2.75) is 39.9 Å². The lowest BCUT2D eigenvalue weighted by Crippen LogP contribution is -2.07. The average molecular weight is 204 g/mol. The predicted octanol–water partition coefficient (Wildman–Crippen LogP) is 2.30. The van der Waals surface area contributed by atoms with E-state index in [2.05, 4.69) is 19.9 Å². The van der Waals surface area contributed by atoms with Gasteiger partial charge in [-0.2, -0.15) is 5.11 Å². The molecule has 0 radical (unpaired) electrons. The Morgan fingerprint density at radius 3 is 2.36 bits per heavy atom. The lowest BCUT2D eigenvalue weighted by molar-refractivity contribution is -0.315. The van der Waals surface area contributed by atoms with E-state index in [4.69, 9.17) is 4.89 Å². The van der Waals surface area contributed by atoms with Crippen molar-refractivity contribution in [3.05, 3.63) is 0 Å². The summed E-state index contributed by atoms with van der Waals surface area (Å²) in [5, 5.41) is 6.62. The highest BCUT2D eigenvalue weighted by molar-refractivity contribution is 5.67. The Labute approximate surface area is 83.2 Å². The van der Waals surface area contributed by atoms with Crippen LogP contribution in [-0.2, 0) is 14.5 Å². The smallest absolute Gasteiger partial charge is 0.444 e. The van der Waals surface area contributed by atoms with Gasteiger partial charge in [0.05, 0.1) is 12.2 Å². The number of carbonyl (C=O) groups is 1. The Morgan fingerprint density at radius 2 is 1.86 bits per heavy atom. The fraction of sp³-hybridized carbons (Fsp3) is 0.875. The second kappa shape index (κ2) is 7.40. The van der Waals surface area contributed by atoms with Gasteiger partial charge in [0.2, 0.25) is 0 Å². The number of ether oxygens (including phenoxy) is 1. The maximum absolute atomic E-state index is 10.8. The molecule has 0 unspecified atom stereocenters. The van der Waals surface area contributed by atoms with Crippen LogP contribution in [0, 0.1) is 0 Å². The molecule has 0 heterocycles. The number of nitrogens with zero attached hydrogens (tertiary/aromatic N) is 2. The molecule has 0 atom stereocenters. The van der Waals surface area contributed by atoms with Gasteiger partial charge in [0.25, 0.3) is 0 Å². The van der Waals surface area contributed by atoms with E-state index in [0.717, 1.165) is 0 Å². The second-order valence-electron chi connectivity index (χ2n) is 3.07. The van der Waals surface area contributed by atoms with Gasteiger partial charge in [-0.1, -0.05) is 5.11 Å². The number of amides is 1. The van der Waals surface area contributed by atoms with Gasteiger partial charge >= 0.3 is 6.09 Å². The molecule has 6 nitrogen and oxygen atoms in total. The molecule has 0 spiro atoms. The zero-order chi connectivity index (χ0) is 11.0. The molecule has 0 bridgehead atoms. The van der Waals surface area contributed by atoms with E-state index >= 15 is 0 Å². The van der Waals surface area contributed by atoms with Crippen molar-refractivity contribution in [1.82, 2.24) is 0 Å². The van der Waals surface area contributed by atoms with Gasteiger partial charge in [0.15, 0.2) is 6.73 Å². The monoisotopic (exact) mass is 204 g/mol. The maximum Gasteiger partial charge on any atom is 0.452 e. The second-order valence-corrected chi connectivity index (χ2v) is 3.07. The van der Waals surface area contributed by atoms with E-state index in [9.17, 15) is 4.79 Å². The van der Waals surface area contributed by atoms with Crippen LogP contribution in [0.1, 0.15) is 27.7 Å². The van der Waals surface area contributed by atoms with E-state index in [0.29, 0.717) is 0 Å². The van der Waals surface area contributed by atoms with Crippen LogP contribution in [0.15, 0.2) is 10.2 Å². The first-order valence-corrected chi connectivity index (χ1v) is 4.38. The molecule has 0 saturated heterocycles. The number of carbonyl (C=O) groups excluding carboxylic acids is 1. The molecule has 0 N–H and O–H groups in total. The van der Waals surface area contributed by atoms with Crippen molar-refractivity contribution in [3.63, 3.8) is 0 Å². The fourth-order valence-corrected chi connectivity index (χ4v) is 0.502. The molecular weight excluding hydrogens is 188 g/mol. The van der Waals surface area contributed by atoms with E-state index < -0.39 is 6.09 Å². The van der Waals surface area contributed by atoms with Gasteiger partial charge in [0.1, 0.15) is 0 Å². The highest BCUT2D eigenvalue weighted by Gasteiger charge is 2.01. The molecule has 14 heavy (non-hydrogen) atoms. The minimum atomic E-state index is -0.729. The van der Waals surface area contributed by atoms with Crippen molar-refractivity contribution in [1.29, 1.82) is 0 Å². The molecule has 1 amide bonds. The van der Waals surface area contributed by atoms with Crippen molar-refractivity contribution in [2.75, 3.05) is 6.73 Å². The van der Waals surface area contributed by atoms with Crippen LogP contribution >= 0.6 is 0 Å². The van der Waals surface area contributed by atoms with E-state index in [-0.39, 0.29) is 18.9 Å². The van der Waals surface area contributed by atoms with Gasteiger partial charge in [0, 0.05) is 0 Å². The third-order valence-electron chi connectivity index (χ3n) is 0.860. The van der Waals surface area contributed by atoms with Gasteiger partial charge in [-0.25, -0.2) is 14.6 Å². The molecule has 0 aliphatic heterocycles. The van der Waals surface area contributed by atoms with Gasteiger partial charge in [-0.15, -0.1) is 0 Å². The van der Waals surface area contributed by atoms with E-state index in [1.54, 1.807) is 13.8 Å². The summed E-state index contributed by atoms with van der Waals surface area (Å²) in [6.07, 6.45) is -0.977. The van der Waals surface area contributed by atoms with Crippen molar-refractivity contribution in [2.24, 2.45) is 10.2 Å². The topological polar surface area (TPSA) is 69.5 Å². The highest BCUT2D eigenvalue weighted by atomic mass is 17.2. The van der Waals surface area contributed by atoms with Crippen LogP contribution in [0.5, 0.6) is 0 Å². The van der Waals surface area contributed by atoms with Gasteiger partial charge in [-0.05, 0) is 27.7 Å². The summed E-state index contributed by atoms with van der Waals surface area (Å²) < 4.78 is 4.68. The summed E-state index contributed by atoms with van der Waals surface area (Å²) in [5.74, 6) is 0. The SMILES string of the molecule is CC(C)OOC/N=N/C(=O)OC(C)C. The van der Waals surface area contributed by atoms with Crippen LogP contribution in [0.25, 0.3) is 0 Å². The first-order valence-electron chi connectivity index (χ1n) is 4.38. The molecule has 6 heteroatoms. The lowest BCUT2D eigenvalue weighted by atomic mass is 10.5. The predicted molar refractivity (Wildman–Crippen MR) is 48.6 cm³/mol. The molecule has 0 aliphatic carbocycles. The Morgan fingerprint density at radius 1 is 1.21 bits per heavy atom. The Kier molecular flexibility index (Phi) is 6.87. The third-order valence-corrected chi connectivity index (χ3v) is 0.860. The zero-order valence-electron chi connectivity index (χ0n) is 8.89. The summed E-state index contributed by atoms with van der Waals surface area (Å²) >= 11 is 0. The summed E-state index contributed by atoms with van der Waals surface area (Å²) in [7, 11) is 0. The molecule has 82 valence electrons. The lowest BCUT2D eigenvalue weighted by Gasteiger charge is -2.03. The first kappa shape index (κ1) is 13.0. The van der Waals surface area contributed by atoms with Crippen molar-refractivity contribution < 1.29 is 19.3 Å². The summed E-state index contributed by atoms with van der Waals surface area (Å²) in [6, 6.07) is 0. The van der Waals surface area contributed by atoms with Crippen molar-refractivity contribution in [3.8, 4) is 0 Å². The van der Waals surface area contributed by atoms with E-state index in [1.807, 2.05) is 13.8 Å². The van der Waals surface area contributed by atoms with Crippen LogP contribution in [0.4, 0.5) is 4.79 Å². The molecule has 0 fully saturated rings.